The first-order valence-corrected chi connectivity index (χ1v) is 6.92. The van der Waals surface area contributed by atoms with Gasteiger partial charge in [-0.15, -0.1) is 0 Å². The van der Waals surface area contributed by atoms with Gasteiger partial charge < -0.3 is 10.1 Å². The van der Waals surface area contributed by atoms with Crippen molar-refractivity contribution in [2.75, 3.05) is 13.2 Å². The molecule has 19 heavy (non-hydrogen) atoms. The highest BCUT2D eigenvalue weighted by Crippen LogP contribution is 2.30. The average Bonchev–Trinajstić information content (AvgIpc) is 2.88. The first kappa shape index (κ1) is 12.2. The van der Waals surface area contributed by atoms with Gasteiger partial charge in [0.1, 0.15) is 12.4 Å². The smallest absolute Gasteiger partial charge is 0.119 e. The third-order valence-electron chi connectivity index (χ3n) is 3.64. The number of hydrogen-bond donors (Lipinski definition) is 1. The molecule has 1 aliphatic rings. The summed E-state index contributed by atoms with van der Waals surface area (Å²) >= 11 is 0. The minimum absolute atomic E-state index is 0.496. The van der Waals surface area contributed by atoms with Crippen molar-refractivity contribution in [1.82, 2.24) is 5.32 Å². The first-order valence-electron chi connectivity index (χ1n) is 6.92. The zero-order chi connectivity index (χ0) is 12.9. The third kappa shape index (κ3) is 2.96. The van der Waals surface area contributed by atoms with Gasteiger partial charge in [0.05, 0.1) is 0 Å². The normalized spacial score (nSPS) is 17.2. The molecule has 0 aromatic heterocycles. The summed E-state index contributed by atoms with van der Waals surface area (Å²) in [5.74, 6) is 0.941. The second-order valence-electron chi connectivity index (χ2n) is 4.91. The summed E-state index contributed by atoms with van der Waals surface area (Å²) in [6.45, 7) is 1.59. The molecule has 2 aromatic rings. The second-order valence-corrected chi connectivity index (χ2v) is 4.91. The molecule has 98 valence electrons. The van der Waals surface area contributed by atoms with Gasteiger partial charge in [-0.2, -0.15) is 0 Å². The molecule has 0 saturated heterocycles. The summed E-state index contributed by atoms with van der Waals surface area (Å²) in [7, 11) is 0. The fourth-order valence-corrected chi connectivity index (χ4v) is 2.69. The number of nitrogens with one attached hydrogen (secondary N) is 1. The van der Waals surface area contributed by atoms with Gasteiger partial charge in [0.25, 0.3) is 0 Å². The average molecular weight is 253 g/mol. The Kier molecular flexibility index (Phi) is 3.80. The molecule has 2 heteroatoms. The lowest BCUT2D eigenvalue weighted by Crippen LogP contribution is -2.24. The predicted octanol–water partition coefficient (Wildman–Crippen LogP) is 3.34. The summed E-state index contributed by atoms with van der Waals surface area (Å²) in [5.41, 5.74) is 2.95. The van der Waals surface area contributed by atoms with Gasteiger partial charge >= 0.3 is 0 Å². The zero-order valence-electron chi connectivity index (χ0n) is 11.0. The molecule has 1 N–H and O–H groups in total. The summed E-state index contributed by atoms with van der Waals surface area (Å²) in [4.78, 5) is 0. The SMILES string of the molecule is c1ccc(OCCNC2CCc3ccccc32)cc1. The molecule has 1 unspecified atom stereocenters. The van der Waals surface area contributed by atoms with Gasteiger partial charge in [0.2, 0.25) is 0 Å². The maximum Gasteiger partial charge on any atom is 0.119 e. The Labute approximate surface area is 114 Å². The molecule has 1 aliphatic carbocycles. The van der Waals surface area contributed by atoms with Crippen LogP contribution in [0.15, 0.2) is 54.6 Å². The Hall–Kier alpha value is -1.80. The molecule has 0 bridgehead atoms. The van der Waals surface area contributed by atoms with Crippen molar-refractivity contribution >= 4 is 0 Å². The predicted molar refractivity (Wildman–Crippen MR) is 77.4 cm³/mol. The van der Waals surface area contributed by atoms with E-state index in [4.69, 9.17) is 4.74 Å². The Balaban J connectivity index is 1.47. The van der Waals surface area contributed by atoms with Crippen LogP contribution in [0.5, 0.6) is 5.75 Å². The molecule has 2 nitrogen and oxygen atoms in total. The quantitative estimate of drug-likeness (QED) is 0.825. The van der Waals surface area contributed by atoms with Crippen LogP contribution in [0.2, 0.25) is 0 Å². The van der Waals surface area contributed by atoms with Crippen molar-refractivity contribution in [2.45, 2.75) is 18.9 Å². The first-order chi connectivity index (χ1) is 9.43. The van der Waals surface area contributed by atoms with Gasteiger partial charge in [-0.3, -0.25) is 0 Å². The molecule has 0 heterocycles. The van der Waals surface area contributed by atoms with E-state index < -0.39 is 0 Å². The standard InChI is InChI=1S/C17H19NO/c1-2-7-15(8-3-1)19-13-12-18-17-11-10-14-6-4-5-9-16(14)17/h1-9,17-18H,10-13H2. The highest BCUT2D eigenvalue weighted by Gasteiger charge is 2.20. The molecule has 2 aromatic carbocycles. The number of rotatable bonds is 5. The Morgan fingerprint density at radius 2 is 1.79 bits per heavy atom. The van der Waals surface area contributed by atoms with E-state index in [-0.39, 0.29) is 0 Å². The molecule has 0 radical (unpaired) electrons. The zero-order valence-corrected chi connectivity index (χ0v) is 11.0. The van der Waals surface area contributed by atoms with Crippen molar-refractivity contribution in [3.8, 4) is 5.75 Å². The lowest BCUT2D eigenvalue weighted by molar-refractivity contribution is 0.305. The van der Waals surface area contributed by atoms with Gasteiger partial charge in [-0.1, -0.05) is 42.5 Å². The monoisotopic (exact) mass is 253 g/mol. The Morgan fingerprint density at radius 1 is 1.00 bits per heavy atom. The van der Waals surface area contributed by atoms with Crippen molar-refractivity contribution in [3.05, 3.63) is 65.7 Å². The van der Waals surface area contributed by atoms with Crippen molar-refractivity contribution in [1.29, 1.82) is 0 Å². The molecule has 0 amide bonds. The summed E-state index contributed by atoms with van der Waals surface area (Å²) in [6, 6.07) is 19.2. The van der Waals surface area contributed by atoms with Crippen LogP contribution in [0.3, 0.4) is 0 Å². The number of hydrogen-bond acceptors (Lipinski definition) is 2. The van der Waals surface area contributed by atoms with Gasteiger partial charge in [-0.05, 0) is 36.1 Å². The molecule has 0 aliphatic heterocycles. The number of fused-ring (bicyclic) bond motifs is 1. The molecule has 0 saturated carbocycles. The van der Waals surface area contributed by atoms with Crippen molar-refractivity contribution in [3.63, 3.8) is 0 Å². The summed E-state index contributed by atoms with van der Waals surface area (Å²) < 4.78 is 5.69. The number of para-hydroxylation sites is 1. The van der Waals surface area contributed by atoms with Gasteiger partial charge in [0.15, 0.2) is 0 Å². The van der Waals surface area contributed by atoms with Crippen LogP contribution >= 0.6 is 0 Å². The molecule has 0 fully saturated rings. The number of aryl methyl sites for hydroxylation is 1. The van der Waals surface area contributed by atoms with E-state index in [1.807, 2.05) is 30.3 Å². The molecular formula is C17H19NO. The fraction of sp³-hybridized carbons (Fsp3) is 0.294. The molecule has 3 rings (SSSR count). The van der Waals surface area contributed by atoms with E-state index in [0.29, 0.717) is 12.6 Å². The van der Waals surface area contributed by atoms with Crippen LogP contribution in [0.1, 0.15) is 23.6 Å². The molecule has 1 atom stereocenters. The minimum atomic E-state index is 0.496. The van der Waals surface area contributed by atoms with Crippen LogP contribution < -0.4 is 10.1 Å². The Morgan fingerprint density at radius 3 is 2.68 bits per heavy atom. The van der Waals surface area contributed by atoms with Crippen molar-refractivity contribution < 1.29 is 4.74 Å². The van der Waals surface area contributed by atoms with E-state index in [2.05, 4.69) is 29.6 Å². The maximum absolute atomic E-state index is 5.69. The molecule has 0 spiro atoms. The highest BCUT2D eigenvalue weighted by atomic mass is 16.5. The van der Waals surface area contributed by atoms with E-state index in [9.17, 15) is 0 Å². The largest absolute Gasteiger partial charge is 0.492 e. The lowest BCUT2D eigenvalue weighted by Gasteiger charge is -2.14. The Bertz CT molecular complexity index is 524. The van der Waals surface area contributed by atoms with Crippen molar-refractivity contribution in [2.24, 2.45) is 0 Å². The van der Waals surface area contributed by atoms with E-state index in [1.54, 1.807) is 0 Å². The van der Waals surface area contributed by atoms with Gasteiger partial charge in [-0.25, -0.2) is 0 Å². The van der Waals surface area contributed by atoms with Crippen LogP contribution in [0.25, 0.3) is 0 Å². The summed E-state index contributed by atoms with van der Waals surface area (Å²) in [5, 5.41) is 3.58. The van der Waals surface area contributed by atoms with Crippen LogP contribution in [0.4, 0.5) is 0 Å². The van der Waals surface area contributed by atoms with Crippen LogP contribution in [-0.2, 0) is 6.42 Å². The fourth-order valence-electron chi connectivity index (χ4n) is 2.69. The lowest BCUT2D eigenvalue weighted by atomic mass is 10.1. The highest BCUT2D eigenvalue weighted by molar-refractivity contribution is 5.34. The topological polar surface area (TPSA) is 21.3 Å². The number of ether oxygens (including phenoxy) is 1. The maximum atomic E-state index is 5.69. The summed E-state index contributed by atoms with van der Waals surface area (Å²) in [6.07, 6.45) is 2.39. The van der Waals surface area contributed by atoms with E-state index in [0.717, 1.165) is 12.3 Å². The van der Waals surface area contributed by atoms with E-state index in [1.165, 1.54) is 24.0 Å². The minimum Gasteiger partial charge on any atom is -0.492 e. The van der Waals surface area contributed by atoms with E-state index >= 15 is 0 Å². The second kappa shape index (κ2) is 5.89. The number of benzene rings is 2. The van der Waals surface area contributed by atoms with Gasteiger partial charge in [0, 0.05) is 12.6 Å². The van der Waals surface area contributed by atoms with Crippen LogP contribution in [0, 0.1) is 0 Å². The third-order valence-corrected chi connectivity index (χ3v) is 3.64. The molecular weight excluding hydrogens is 234 g/mol. The van der Waals surface area contributed by atoms with Crippen LogP contribution in [-0.4, -0.2) is 13.2 Å².